The summed E-state index contributed by atoms with van der Waals surface area (Å²) in [4.78, 5) is 9.55. The maximum Gasteiger partial charge on any atom is 0.146 e. The first-order chi connectivity index (χ1) is 11.3. The topological polar surface area (TPSA) is 30.7 Å². The molecule has 2 bridgehead atoms. The molecule has 2 unspecified atom stereocenters. The molecular formula is C20H19N3. The van der Waals surface area contributed by atoms with E-state index >= 15 is 0 Å². The molecule has 2 heterocycles. The van der Waals surface area contributed by atoms with E-state index in [9.17, 15) is 0 Å². The molecule has 2 aromatic heterocycles. The SMILES string of the molecule is Cc1ccc(-c2nc3c(n2-c2ccccc2)C2CCC3C2)cn1. The minimum absolute atomic E-state index is 0.664. The molecule has 3 aromatic rings. The van der Waals surface area contributed by atoms with Crippen molar-refractivity contribution in [1.82, 2.24) is 14.5 Å². The molecule has 0 radical (unpaired) electrons. The predicted molar refractivity (Wildman–Crippen MR) is 90.9 cm³/mol. The largest absolute Gasteiger partial charge is 0.296 e. The predicted octanol–water partition coefficient (Wildman–Crippen LogP) is 4.61. The molecule has 3 heteroatoms. The molecule has 1 saturated carbocycles. The standard InChI is InChI=1S/C20H19N3/c1-13-7-8-16(12-21-13)20-22-18-14-9-10-15(11-14)19(18)23(20)17-5-3-2-4-6-17/h2-8,12,14-15H,9-11H2,1H3. The number of hydrogen-bond donors (Lipinski definition) is 0. The van der Waals surface area contributed by atoms with Crippen LogP contribution in [0.4, 0.5) is 0 Å². The van der Waals surface area contributed by atoms with Gasteiger partial charge in [-0.1, -0.05) is 18.2 Å². The first kappa shape index (κ1) is 13.1. The van der Waals surface area contributed by atoms with Gasteiger partial charge in [-0.05, 0) is 50.5 Å². The molecule has 23 heavy (non-hydrogen) atoms. The highest BCUT2D eigenvalue weighted by Gasteiger charge is 2.42. The Bertz CT molecular complexity index is 862. The third kappa shape index (κ3) is 1.89. The molecule has 2 aliphatic rings. The number of nitrogens with zero attached hydrogens (tertiary/aromatic N) is 3. The summed E-state index contributed by atoms with van der Waals surface area (Å²) in [5.41, 5.74) is 6.14. The normalized spacial score (nSPS) is 21.6. The second-order valence-corrected chi connectivity index (χ2v) is 6.77. The van der Waals surface area contributed by atoms with Gasteiger partial charge in [0.25, 0.3) is 0 Å². The smallest absolute Gasteiger partial charge is 0.146 e. The Morgan fingerprint density at radius 1 is 1.00 bits per heavy atom. The molecule has 1 aromatic carbocycles. The number of para-hydroxylation sites is 1. The zero-order valence-corrected chi connectivity index (χ0v) is 13.2. The molecule has 114 valence electrons. The average molecular weight is 301 g/mol. The van der Waals surface area contributed by atoms with Crippen molar-refractivity contribution in [2.75, 3.05) is 0 Å². The Kier molecular flexibility index (Phi) is 2.72. The van der Waals surface area contributed by atoms with Crippen LogP contribution in [-0.4, -0.2) is 14.5 Å². The Hall–Kier alpha value is -2.42. The minimum Gasteiger partial charge on any atom is -0.296 e. The molecule has 5 rings (SSSR count). The number of imidazole rings is 1. The molecule has 0 aliphatic heterocycles. The van der Waals surface area contributed by atoms with Gasteiger partial charge < -0.3 is 0 Å². The summed E-state index contributed by atoms with van der Waals surface area (Å²) in [6.07, 6.45) is 5.85. The third-order valence-corrected chi connectivity index (χ3v) is 5.33. The second kappa shape index (κ2) is 4.79. The Balaban J connectivity index is 1.77. The van der Waals surface area contributed by atoms with Gasteiger partial charge in [0.05, 0.1) is 5.69 Å². The third-order valence-electron chi connectivity index (χ3n) is 5.33. The Morgan fingerprint density at radius 3 is 2.61 bits per heavy atom. The van der Waals surface area contributed by atoms with Crippen molar-refractivity contribution in [3.63, 3.8) is 0 Å². The number of aromatic nitrogens is 3. The lowest BCUT2D eigenvalue weighted by atomic mass is 10.0. The highest BCUT2D eigenvalue weighted by Crippen LogP contribution is 2.54. The van der Waals surface area contributed by atoms with Gasteiger partial charge in [-0.3, -0.25) is 9.55 Å². The molecule has 3 nitrogen and oxygen atoms in total. The van der Waals surface area contributed by atoms with Crippen LogP contribution in [0.2, 0.25) is 0 Å². The van der Waals surface area contributed by atoms with E-state index in [1.54, 1.807) is 0 Å². The van der Waals surface area contributed by atoms with E-state index in [4.69, 9.17) is 4.98 Å². The molecule has 0 saturated heterocycles. The van der Waals surface area contributed by atoms with Gasteiger partial charge in [-0.25, -0.2) is 4.98 Å². The van der Waals surface area contributed by atoms with Crippen LogP contribution in [0.5, 0.6) is 0 Å². The van der Waals surface area contributed by atoms with Crippen molar-refractivity contribution < 1.29 is 0 Å². The van der Waals surface area contributed by atoms with Crippen molar-refractivity contribution in [1.29, 1.82) is 0 Å². The van der Waals surface area contributed by atoms with Crippen molar-refractivity contribution in [3.05, 3.63) is 65.7 Å². The van der Waals surface area contributed by atoms with Gasteiger partial charge in [-0.2, -0.15) is 0 Å². The van der Waals surface area contributed by atoms with Crippen LogP contribution in [0.3, 0.4) is 0 Å². The van der Waals surface area contributed by atoms with E-state index in [1.807, 2.05) is 13.1 Å². The van der Waals surface area contributed by atoms with E-state index in [2.05, 4.69) is 52.0 Å². The highest BCUT2D eigenvalue weighted by atomic mass is 15.1. The van der Waals surface area contributed by atoms with Crippen LogP contribution in [0.1, 0.15) is 48.2 Å². The summed E-state index contributed by atoms with van der Waals surface area (Å²) in [7, 11) is 0. The fraction of sp³-hybridized carbons (Fsp3) is 0.300. The fourth-order valence-corrected chi connectivity index (χ4v) is 4.25. The van der Waals surface area contributed by atoms with E-state index in [0.717, 1.165) is 17.1 Å². The number of fused-ring (bicyclic) bond motifs is 5. The van der Waals surface area contributed by atoms with Crippen molar-refractivity contribution in [2.45, 2.75) is 38.0 Å². The van der Waals surface area contributed by atoms with E-state index in [1.165, 1.54) is 36.3 Å². The summed E-state index contributed by atoms with van der Waals surface area (Å²) in [5, 5.41) is 0. The van der Waals surface area contributed by atoms with Crippen molar-refractivity contribution in [2.24, 2.45) is 0 Å². The van der Waals surface area contributed by atoms with E-state index < -0.39 is 0 Å². The second-order valence-electron chi connectivity index (χ2n) is 6.77. The maximum atomic E-state index is 5.07. The minimum atomic E-state index is 0.664. The van der Waals surface area contributed by atoms with Crippen LogP contribution in [-0.2, 0) is 0 Å². The Morgan fingerprint density at radius 2 is 1.83 bits per heavy atom. The zero-order valence-electron chi connectivity index (χ0n) is 13.2. The highest BCUT2D eigenvalue weighted by molar-refractivity contribution is 5.61. The summed E-state index contributed by atoms with van der Waals surface area (Å²) < 4.78 is 2.38. The van der Waals surface area contributed by atoms with Gasteiger partial charge in [0, 0.05) is 40.7 Å². The van der Waals surface area contributed by atoms with Crippen LogP contribution in [0, 0.1) is 6.92 Å². The Labute approximate surface area is 136 Å². The lowest BCUT2D eigenvalue weighted by Gasteiger charge is -2.16. The quantitative estimate of drug-likeness (QED) is 0.692. The van der Waals surface area contributed by atoms with Crippen LogP contribution >= 0.6 is 0 Å². The van der Waals surface area contributed by atoms with Crippen molar-refractivity contribution >= 4 is 0 Å². The molecule has 0 amide bonds. The monoisotopic (exact) mass is 301 g/mol. The fourth-order valence-electron chi connectivity index (χ4n) is 4.25. The van der Waals surface area contributed by atoms with Gasteiger partial charge in [0.15, 0.2) is 0 Å². The number of aryl methyl sites for hydroxylation is 1. The maximum absolute atomic E-state index is 5.07. The summed E-state index contributed by atoms with van der Waals surface area (Å²) >= 11 is 0. The molecule has 0 spiro atoms. The van der Waals surface area contributed by atoms with Gasteiger partial charge in [0.1, 0.15) is 5.82 Å². The van der Waals surface area contributed by atoms with Gasteiger partial charge in [0.2, 0.25) is 0 Å². The molecule has 2 aliphatic carbocycles. The van der Waals surface area contributed by atoms with Crippen LogP contribution in [0.15, 0.2) is 48.7 Å². The van der Waals surface area contributed by atoms with E-state index in [0.29, 0.717) is 11.8 Å². The molecule has 1 fully saturated rings. The summed E-state index contributed by atoms with van der Waals surface area (Å²) in [5.74, 6) is 2.39. The van der Waals surface area contributed by atoms with Crippen molar-refractivity contribution in [3.8, 4) is 17.1 Å². The van der Waals surface area contributed by atoms with Crippen LogP contribution < -0.4 is 0 Å². The van der Waals surface area contributed by atoms with E-state index in [-0.39, 0.29) is 0 Å². The number of benzene rings is 1. The molecular weight excluding hydrogens is 282 g/mol. The molecule has 2 atom stereocenters. The summed E-state index contributed by atoms with van der Waals surface area (Å²) in [6.45, 7) is 2.02. The lowest BCUT2D eigenvalue weighted by Crippen LogP contribution is -2.05. The number of hydrogen-bond acceptors (Lipinski definition) is 2. The molecule has 0 N–H and O–H groups in total. The van der Waals surface area contributed by atoms with Gasteiger partial charge >= 0.3 is 0 Å². The lowest BCUT2D eigenvalue weighted by molar-refractivity contribution is 0.684. The van der Waals surface area contributed by atoms with Crippen LogP contribution in [0.25, 0.3) is 17.1 Å². The number of rotatable bonds is 2. The zero-order chi connectivity index (χ0) is 15.4. The first-order valence-corrected chi connectivity index (χ1v) is 8.42. The summed E-state index contributed by atoms with van der Waals surface area (Å²) in [6, 6.07) is 14.8. The average Bonchev–Trinajstić information content (AvgIpc) is 3.28. The first-order valence-electron chi connectivity index (χ1n) is 8.42. The number of pyridine rings is 1. The van der Waals surface area contributed by atoms with Gasteiger partial charge in [-0.15, -0.1) is 0 Å².